The molecule has 0 radical (unpaired) electrons. The summed E-state index contributed by atoms with van der Waals surface area (Å²) < 4.78 is 6.22. The molecule has 1 atom stereocenters. The normalized spacial score (nSPS) is 14.8. The molecule has 2 aromatic heterocycles. The van der Waals surface area contributed by atoms with Gasteiger partial charge in [0.15, 0.2) is 0 Å². The number of hydrogen-bond acceptors (Lipinski definition) is 6. The summed E-state index contributed by atoms with van der Waals surface area (Å²) in [7, 11) is 0. The fraction of sp³-hybridized carbons (Fsp3) is 0.200. The molecular weight excluding hydrogens is 420 g/mol. The van der Waals surface area contributed by atoms with Crippen LogP contribution in [-0.4, -0.2) is 21.1 Å². The van der Waals surface area contributed by atoms with Gasteiger partial charge in [-0.05, 0) is 25.1 Å². The first-order valence-corrected chi connectivity index (χ1v) is 11.2. The van der Waals surface area contributed by atoms with Crippen LogP contribution in [0.5, 0.6) is 11.6 Å². The molecule has 0 aliphatic carbocycles. The summed E-state index contributed by atoms with van der Waals surface area (Å²) in [5.74, 6) is 0.874. The first-order valence-electron chi connectivity index (χ1n) is 10.4. The molecule has 0 spiro atoms. The molecule has 1 N–H and O–H groups in total. The van der Waals surface area contributed by atoms with Gasteiger partial charge < -0.3 is 10.1 Å². The minimum Gasteiger partial charge on any atom is -0.438 e. The standard InChI is InChI=1S/C25H22N4O2S/c1-15-7-6-8-16(13-15)19-12-11-18-21(17-9-4-5-10-20(17)31-22(18)27-19)25(2,3)23(30)28-24-29-26-14-32-24/h4-14,21H,1-3H3,(H,28,29,30)/t21-/m0/s1. The van der Waals surface area contributed by atoms with Crippen LogP contribution in [0.1, 0.15) is 36.5 Å². The molecule has 0 unspecified atom stereocenters. The summed E-state index contributed by atoms with van der Waals surface area (Å²) in [5, 5.41) is 11.2. The average Bonchev–Trinajstić information content (AvgIpc) is 3.30. The van der Waals surface area contributed by atoms with Crippen molar-refractivity contribution in [3.63, 3.8) is 0 Å². The van der Waals surface area contributed by atoms with Crippen LogP contribution in [0.15, 0.2) is 66.2 Å². The van der Waals surface area contributed by atoms with Gasteiger partial charge in [0.05, 0.1) is 11.1 Å². The molecule has 2 aromatic carbocycles. The van der Waals surface area contributed by atoms with Crippen molar-refractivity contribution < 1.29 is 9.53 Å². The van der Waals surface area contributed by atoms with Gasteiger partial charge in [-0.25, -0.2) is 4.98 Å². The van der Waals surface area contributed by atoms with Crippen LogP contribution in [0.2, 0.25) is 0 Å². The lowest BCUT2D eigenvalue weighted by atomic mass is 9.69. The number of benzene rings is 2. The highest BCUT2D eigenvalue weighted by Crippen LogP contribution is 2.51. The van der Waals surface area contributed by atoms with Gasteiger partial charge >= 0.3 is 0 Å². The van der Waals surface area contributed by atoms with E-state index in [2.05, 4.69) is 34.6 Å². The van der Waals surface area contributed by atoms with Crippen LogP contribution in [0.4, 0.5) is 5.13 Å². The summed E-state index contributed by atoms with van der Waals surface area (Å²) in [5.41, 5.74) is 5.67. The SMILES string of the molecule is Cc1cccc(-c2ccc3c(n2)Oc2ccccc2[C@@H]3C(C)(C)C(=O)Nc2nncs2)c1. The summed E-state index contributed by atoms with van der Waals surface area (Å²) in [6, 6.07) is 20.1. The maximum absolute atomic E-state index is 13.3. The quantitative estimate of drug-likeness (QED) is 0.431. The van der Waals surface area contributed by atoms with Crippen molar-refractivity contribution in [2.24, 2.45) is 5.41 Å². The minimum atomic E-state index is -0.799. The Labute approximate surface area is 190 Å². The lowest BCUT2D eigenvalue weighted by Crippen LogP contribution is -2.38. The number of hydrogen-bond donors (Lipinski definition) is 1. The first kappa shape index (κ1) is 20.3. The van der Waals surface area contributed by atoms with Crippen molar-refractivity contribution in [2.75, 3.05) is 5.32 Å². The number of aromatic nitrogens is 3. The van der Waals surface area contributed by atoms with Crippen LogP contribution < -0.4 is 10.1 Å². The van der Waals surface area contributed by atoms with Gasteiger partial charge in [0.25, 0.3) is 0 Å². The molecule has 0 saturated heterocycles. The van der Waals surface area contributed by atoms with Crippen molar-refractivity contribution in [1.29, 1.82) is 0 Å². The third-order valence-corrected chi connectivity index (χ3v) is 6.45. The molecule has 1 aliphatic rings. The molecule has 4 aromatic rings. The van der Waals surface area contributed by atoms with Gasteiger partial charge in [-0.2, -0.15) is 0 Å². The topological polar surface area (TPSA) is 77.0 Å². The number of carbonyl (C=O) groups excluding carboxylic acids is 1. The number of carbonyl (C=O) groups is 1. The van der Waals surface area contributed by atoms with Crippen molar-refractivity contribution in [1.82, 2.24) is 15.2 Å². The van der Waals surface area contributed by atoms with Gasteiger partial charge in [-0.15, -0.1) is 10.2 Å². The Morgan fingerprint density at radius 2 is 1.91 bits per heavy atom. The Bertz CT molecular complexity index is 1300. The maximum atomic E-state index is 13.3. The van der Waals surface area contributed by atoms with Crippen LogP contribution in [0, 0.1) is 12.3 Å². The number of fused-ring (bicyclic) bond motifs is 2. The Kier molecular flexibility index (Phi) is 4.98. The molecule has 160 valence electrons. The zero-order valence-electron chi connectivity index (χ0n) is 18.0. The second-order valence-corrected chi connectivity index (χ2v) is 9.29. The zero-order chi connectivity index (χ0) is 22.3. The molecule has 1 amide bonds. The molecule has 0 saturated carbocycles. The highest BCUT2D eigenvalue weighted by atomic mass is 32.1. The van der Waals surface area contributed by atoms with Gasteiger partial charge in [-0.3, -0.25) is 4.79 Å². The fourth-order valence-corrected chi connectivity index (χ4v) is 4.64. The van der Waals surface area contributed by atoms with E-state index in [4.69, 9.17) is 9.72 Å². The van der Waals surface area contributed by atoms with E-state index < -0.39 is 5.41 Å². The molecule has 6 nitrogen and oxygen atoms in total. The molecule has 32 heavy (non-hydrogen) atoms. The lowest BCUT2D eigenvalue weighted by Gasteiger charge is -2.37. The second kappa shape index (κ2) is 7.84. The molecule has 5 rings (SSSR count). The fourth-order valence-electron chi connectivity index (χ4n) is 4.20. The van der Waals surface area contributed by atoms with Crippen molar-refractivity contribution in [3.8, 4) is 22.9 Å². The third kappa shape index (κ3) is 3.54. The molecule has 3 heterocycles. The van der Waals surface area contributed by atoms with Crippen LogP contribution >= 0.6 is 11.3 Å². The number of rotatable bonds is 4. The molecule has 0 fully saturated rings. The number of anilines is 1. The lowest BCUT2D eigenvalue weighted by molar-refractivity contribution is -0.124. The van der Waals surface area contributed by atoms with E-state index in [-0.39, 0.29) is 11.8 Å². The Morgan fingerprint density at radius 3 is 2.69 bits per heavy atom. The minimum absolute atomic E-state index is 0.135. The summed E-state index contributed by atoms with van der Waals surface area (Å²) in [6.45, 7) is 5.94. The van der Waals surface area contributed by atoms with Crippen LogP contribution in [0.25, 0.3) is 11.3 Å². The number of para-hydroxylation sites is 1. The molecule has 1 aliphatic heterocycles. The van der Waals surface area contributed by atoms with E-state index in [0.717, 1.165) is 28.1 Å². The summed E-state index contributed by atoms with van der Waals surface area (Å²) in [6.07, 6.45) is 0. The van der Waals surface area contributed by atoms with Gasteiger partial charge in [0.1, 0.15) is 11.3 Å². The predicted octanol–water partition coefficient (Wildman–Crippen LogP) is 5.81. The Balaban J connectivity index is 1.59. The number of nitrogens with one attached hydrogen (secondary N) is 1. The van der Waals surface area contributed by atoms with Crippen LogP contribution in [-0.2, 0) is 4.79 Å². The monoisotopic (exact) mass is 442 g/mol. The maximum Gasteiger partial charge on any atom is 0.232 e. The Morgan fingerprint density at radius 1 is 1.06 bits per heavy atom. The zero-order valence-corrected chi connectivity index (χ0v) is 18.8. The average molecular weight is 443 g/mol. The third-order valence-electron chi connectivity index (χ3n) is 5.84. The van der Waals surface area contributed by atoms with Gasteiger partial charge in [0, 0.05) is 22.6 Å². The predicted molar refractivity (Wildman–Crippen MR) is 125 cm³/mol. The largest absolute Gasteiger partial charge is 0.438 e. The molecule has 7 heteroatoms. The second-order valence-electron chi connectivity index (χ2n) is 8.45. The summed E-state index contributed by atoms with van der Waals surface area (Å²) in [4.78, 5) is 18.2. The molecular formula is C25H22N4O2S. The van der Waals surface area contributed by atoms with Crippen LogP contribution in [0.3, 0.4) is 0 Å². The van der Waals surface area contributed by atoms with E-state index in [1.54, 1.807) is 5.51 Å². The number of ether oxygens (including phenoxy) is 1. The Hall–Kier alpha value is -3.58. The van der Waals surface area contributed by atoms with Crippen molar-refractivity contribution in [2.45, 2.75) is 26.7 Å². The smallest absolute Gasteiger partial charge is 0.232 e. The van der Waals surface area contributed by atoms with E-state index in [1.807, 2.05) is 62.4 Å². The van der Waals surface area contributed by atoms with Gasteiger partial charge in [-0.1, -0.05) is 73.2 Å². The van der Waals surface area contributed by atoms with E-state index in [1.165, 1.54) is 16.9 Å². The van der Waals surface area contributed by atoms with Gasteiger partial charge in [0.2, 0.25) is 16.9 Å². The van der Waals surface area contributed by atoms with Crippen molar-refractivity contribution in [3.05, 3.63) is 82.9 Å². The number of pyridine rings is 1. The number of aryl methyl sites for hydroxylation is 1. The highest BCUT2D eigenvalue weighted by molar-refractivity contribution is 7.13. The van der Waals surface area contributed by atoms with E-state index in [0.29, 0.717) is 11.0 Å². The van der Waals surface area contributed by atoms with E-state index in [9.17, 15) is 4.79 Å². The first-order chi connectivity index (χ1) is 15.4. The number of amides is 1. The summed E-state index contributed by atoms with van der Waals surface area (Å²) >= 11 is 1.29. The molecule has 0 bridgehead atoms. The number of nitrogens with zero attached hydrogens (tertiary/aromatic N) is 3. The van der Waals surface area contributed by atoms with E-state index >= 15 is 0 Å². The highest BCUT2D eigenvalue weighted by Gasteiger charge is 2.44. The van der Waals surface area contributed by atoms with Crippen molar-refractivity contribution >= 4 is 22.4 Å².